The fourth-order valence-electron chi connectivity index (χ4n) is 1.67. The summed E-state index contributed by atoms with van der Waals surface area (Å²) >= 11 is 0. The molecule has 100 valence electrons. The molecule has 19 heavy (non-hydrogen) atoms. The van der Waals surface area contributed by atoms with Crippen molar-refractivity contribution >= 4 is 22.7 Å². The molecule has 1 heterocycles. The molecule has 1 aromatic carbocycles. The molecule has 0 saturated carbocycles. The normalized spacial score (nSPS) is 11.7. The second kappa shape index (κ2) is 4.38. The average molecular weight is 271 g/mol. The van der Waals surface area contributed by atoms with Crippen LogP contribution in [0.3, 0.4) is 0 Å². The molecule has 8 heteroatoms. The van der Waals surface area contributed by atoms with Crippen LogP contribution in [0.4, 0.5) is 19.0 Å². The summed E-state index contributed by atoms with van der Waals surface area (Å²) in [6.45, 7) is 0. The van der Waals surface area contributed by atoms with Gasteiger partial charge in [-0.1, -0.05) is 6.07 Å². The maximum Gasteiger partial charge on any atom is 0.418 e. The van der Waals surface area contributed by atoms with E-state index in [-0.39, 0.29) is 17.0 Å². The van der Waals surface area contributed by atoms with Crippen LogP contribution in [0.25, 0.3) is 10.9 Å². The SMILES string of the molecule is Nc1nc(CC(=O)O)nc2c(C(F)(F)F)cccc12. The average Bonchev–Trinajstić information content (AvgIpc) is 2.26. The van der Waals surface area contributed by atoms with Crippen molar-refractivity contribution in [3.8, 4) is 0 Å². The zero-order valence-electron chi connectivity index (χ0n) is 9.40. The molecular formula is C11H8F3N3O2. The Labute approximate surface area is 104 Å². The number of carboxylic acid groups (broad SMARTS) is 1. The summed E-state index contributed by atoms with van der Waals surface area (Å²) in [4.78, 5) is 17.9. The molecule has 0 unspecified atom stereocenters. The molecule has 0 fully saturated rings. The lowest BCUT2D eigenvalue weighted by Gasteiger charge is -2.11. The lowest BCUT2D eigenvalue weighted by Crippen LogP contribution is -2.11. The number of aromatic nitrogens is 2. The first-order chi connectivity index (χ1) is 8.79. The molecule has 0 bridgehead atoms. The number of anilines is 1. The van der Waals surface area contributed by atoms with Crippen LogP contribution in [-0.2, 0) is 17.4 Å². The van der Waals surface area contributed by atoms with Crippen molar-refractivity contribution in [1.29, 1.82) is 0 Å². The number of alkyl halides is 3. The molecular weight excluding hydrogens is 263 g/mol. The third-order valence-electron chi connectivity index (χ3n) is 2.42. The monoisotopic (exact) mass is 271 g/mol. The zero-order valence-corrected chi connectivity index (χ0v) is 9.40. The van der Waals surface area contributed by atoms with Crippen LogP contribution in [-0.4, -0.2) is 21.0 Å². The molecule has 0 saturated heterocycles. The Balaban J connectivity index is 2.72. The van der Waals surface area contributed by atoms with Crippen molar-refractivity contribution in [1.82, 2.24) is 9.97 Å². The van der Waals surface area contributed by atoms with Crippen molar-refractivity contribution in [3.63, 3.8) is 0 Å². The van der Waals surface area contributed by atoms with E-state index in [1.807, 2.05) is 0 Å². The summed E-state index contributed by atoms with van der Waals surface area (Å²) < 4.78 is 38.5. The minimum atomic E-state index is -4.60. The number of carboxylic acids is 1. The van der Waals surface area contributed by atoms with Gasteiger partial charge in [-0.3, -0.25) is 4.79 Å². The van der Waals surface area contributed by atoms with Gasteiger partial charge in [0.05, 0.1) is 11.1 Å². The summed E-state index contributed by atoms with van der Waals surface area (Å²) in [6, 6.07) is 3.41. The molecule has 5 nitrogen and oxygen atoms in total. The number of nitrogens with zero attached hydrogens (tertiary/aromatic N) is 2. The van der Waals surface area contributed by atoms with Crippen molar-refractivity contribution < 1.29 is 23.1 Å². The van der Waals surface area contributed by atoms with E-state index in [4.69, 9.17) is 10.8 Å². The van der Waals surface area contributed by atoms with Gasteiger partial charge in [0.1, 0.15) is 18.1 Å². The number of hydrogen-bond acceptors (Lipinski definition) is 4. The molecule has 2 rings (SSSR count). The van der Waals surface area contributed by atoms with Crippen LogP contribution < -0.4 is 5.73 Å². The lowest BCUT2D eigenvalue weighted by atomic mass is 10.1. The standard InChI is InChI=1S/C11H8F3N3O2/c12-11(13,14)6-3-1-2-5-9(6)16-7(4-8(18)19)17-10(5)15/h1-3H,4H2,(H,18,19)(H2,15,16,17). The maximum atomic E-state index is 12.8. The van der Waals surface area contributed by atoms with E-state index >= 15 is 0 Å². The number of nitrogen functional groups attached to an aromatic ring is 1. The molecule has 0 radical (unpaired) electrons. The van der Waals surface area contributed by atoms with Gasteiger partial charge in [0.2, 0.25) is 0 Å². The van der Waals surface area contributed by atoms with Crippen molar-refractivity contribution in [2.24, 2.45) is 0 Å². The summed E-state index contributed by atoms with van der Waals surface area (Å²) in [5, 5.41) is 8.66. The number of halogens is 3. The molecule has 0 aliphatic carbocycles. The summed E-state index contributed by atoms with van der Waals surface area (Å²) in [7, 11) is 0. The van der Waals surface area contributed by atoms with Crippen LogP contribution in [0.1, 0.15) is 11.4 Å². The lowest BCUT2D eigenvalue weighted by molar-refractivity contribution is -0.137. The number of benzene rings is 1. The Bertz CT molecular complexity index is 655. The predicted octanol–water partition coefficient (Wildman–Crippen LogP) is 1.86. The zero-order chi connectivity index (χ0) is 14.2. The minimum Gasteiger partial charge on any atom is -0.481 e. The first kappa shape index (κ1) is 13.1. The second-order valence-corrected chi connectivity index (χ2v) is 3.80. The van der Waals surface area contributed by atoms with Crippen LogP contribution in [0, 0.1) is 0 Å². The van der Waals surface area contributed by atoms with Crippen LogP contribution in [0.15, 0.2) is 18.2 Å². The molecule has 0 aliphatic heterocycles. The first-order valence-corrected chi connectivity index (χ1v) is 5.13. The molecule has 0 aliphatic rings. The van der Waals surface area contributed by atoms with Gasteiger partial charge < -0.3 is 10.8 Å². The Kier molecular flexibility index (Phi) is 3.01. The van der Waals surface area contributed by atoms with E-state index < -0.39 is 29.6 Å². The van der Waals surface area contributed by atoms with Gasteiger partial charge in [0.25, 0.3) is 0 Å². The van der Waals surface area contributed by atoms with E-state index in [2.05, 4.69) is 9.97 Å². The quantitative estimate of drug-likeness (QED) is 0.870. The number of nitrogens with two attached hydrogens (primary N) is 1. The van der Waals surface area contributed by atoms with Gasteiger partial charge in [-0.2, -0.15) is 13.2 Å². The molecule has 0 spiro atoms. The molecule has 2 aromatic rings. The number of carbonyl (C=O) groups is 1. The molecule has 0 amide bonds. The summed E-state index contributed by atoms with van der Waals surface area (Å²) in [5.41, 5.74) is 4.18. The number of rotatable bonds is 2. The van der Waals surface area contributed by atoms with Crippen LogP contribution in [0.2, 0.25) is 0 Å². The fraction of sp³-hybridized carbons (Fsp3) is 0.182. The maximum absolute atomic E-state index is 12.8. The van der Waals surface area contributed by atoms with E-state index in [0.29, 0.717) is 0 Å². The Hall–Kier alpha value is -2.38. The Morgan fingerprint density at radius 2 is 2.00 bits per heavy atom. The summed E-state index contributed by atoms with van der Waals surface area (Å²) in [6.07, 6.45) is -5.19. The fourth-order valence-corrected chi connectivity index (χ4v) is 1.67. The van der Waals surface area contributed by atoms with E-state index in [9.17, 15) is 18.0 Å². The van der Waals surface area contributed by atoms with Gasteiger partial charge in [0, 0.05) is 5.39 Å². The van der Waals surface area contributed by atoms with E-state index in [0.717, 1.165) is 6.07 Å². The van der Waals surface area contributed by atoms with Crippen LogP contribution in [0.5, 0.6) is 0 Å². The largest absolute Gasteiger partial charge is 0.481 e. The highest BCUT2D eigenvalue weighted by atomic mass is 19.4. The van der Waals surface area contributed by atoms with Gasteiger partial charge in [-0.25, -0.2) is 9.97 Å². The van der Waals surface area contributed by atoms with Crippen molar-refractivity contribution in [2.75, 3.05) is 5.73 Å². The van der Waals surface area contributed by atoms with E-state index in [1.165, 1.54) is 12.1 Å². The number of hydrogen-bond donors (Lipinski definition) is 2. The number of aliphatic carboxylic acids is 1. The highest BCUT2D eigenvalue weighted by Gasteiger charge is 2.33. The molecule has 3 N–H and O–H groups in total. The molecule has 1 aromatic heterocycles. The predicted molar refractivity (Wildman–Crippen MR) is 60.3 cm³/mol. The smallest absolute Gasteiger partial charge is 0.418 e. The van der Waals surface area contributed by atoms with Gasteiger partial charge in [0.15, 0.2) is 0 Å². The van der Waals surface area contributed by atoms with Gasteiger partial charge >= 0.3 is 12.1 Å². The summed E-state index contributed by atoms with van der Waals surface area (Å²) in [5.74, 6) is -1.68. The molecule has 0 atom stereocenters. The number of fused-ring (bicyclic) bond motifs is 1. The van der Waals surface area contributed by atoms with Crippen molar-refractivity contribution in [2.45, 2.75) is 12.6 Å². The number of para-hydroxylation sites is 1. The second-order valence-electron chi connectivity index (χ2n) is 3.80. The topological polar surface area (TPSA) is 89.1 Å². The third-order valence-corrected chi connectivity index (χ3v) is 2.42. The minimum absolute atomic E-state index is 0.0453. The van der Waals surface area contributed by atoms with Crippen molar-refractivity contribution in [3.05, 3.63) is 29.6 Å². The highest BCUT2D eigenvalue weighted by molar-refractivity contribution is 5.90. The Morgan fingerprint density at radius 1 is 1.32 bits per heavy atom. The van der Waals surface area contributed by atoms with Gasteiger partial charge in [-0.15, -0.1) is 0 Å². The van der Waals surface area contributed by atoms with Crippen LogP contribution >= 0.6 is 0 Å². The van der Waals surface area contributed by atoms with Gasteiger partial charge in [-0.05, 0) is 12.1 Å². The van der Waals surface area contributed by atoms with E-state index in [1.54, 1.807) is 0 Å². The Morgan fingerprint density at radius 3 is 2.58 bits per heavy atom. The highest BCUT2D eigenvalue weighted by Crippen LogP contribution is 2.34. The third kappa shape index (κ3) is 2.56. The first-order valence-electron chi connectivity index (χ1n) is 5.13.